The average molecular weight is 265 g/mol. The summed E-state index contributed by atoms with van der Waals surface area (Å²) in [7, 11) is 0. The maximum Gasteiger partial charge on any atom is 0.311 e. The van der Waals surface area contributed by atoms with E-state index in [0.717, 1.165) is 0 Å². The van der Waals surface area contributed by atoms with Crippen LogP contribution >= 0.6 is 0 Å². The number of carbonyl (C=O) groups excluding carboxylic acids is 1. The number of nitrogens with zero attached hydrogens (tertiary/aromatic N) is 2. The van der Waals surface area contributed by atoms with Crippen LogP contribution < -0.4 is 5.32 Å². The van der Waals surface area contributed by atoms with E-state index >= 15 is 0 Å². The molecule has 0 aromatic carbocycles. The lowest BCUT2D eigenvalue weighted by molar-refractivity contribution is -0.384. The van der Waals surface area contributed by atoms with Crippen LogP contribution in [0.25, 0.3) is 0 Å². The predicted molar refractivity (Wildman–Crippen MR) is 73.2 cm³/mol. The fourth-order valence-electron chi connectivity index (χ4n) is 1.87. The number of ketones is 1. The van der Waals surface area contributed by atoms with E-state index in [0.29, 0.717) is 5.56 Å². The molecule has 0 bridgehead atoms. The van der Waals surface area contributed by atoms with Crippen molar-refractivity contribution in [1.82, 2.24) is 4.98 Å². The fraction of sp³-hybridized carbons (Fsp3) is 0.538. The summed E-state index contributed by atoms with van der Waals surface area (Å²) in [5.74, 6) is 0.0508. The minimum Gasteiger partial charge on any atom is -0.354 e. The first kappa shape index (κ1) is 15.1. The molecule has 1 unspecified atom stereocenters. The number of hydrogen-bond donors (Lipinski definition) is 1. The number of carbonyl (C=O) groups is 1. The second kappa shape index (κ2) is 5.34. The number of hydrogen-bond acceptors (Lipinski definition) is 5. The van der Waals surface area contributed by atoms with Gasteiger partial charge in [-0.3, -0.25) is 14.9 Å². The van der Waals surface area contributed by atoms with E-state index in [1.54, 1.807) is 6.92 Å². The molecule has 1 aromatic heterocycles. The van der Waals surface area contributed by atoms with Crippen LogP contribution in [0.2, 0.25) is 0 Å². The smallest absolute Gasteiger partial charge is 0.311 e. The maximum absolute atomic E-state index is 11.7. The molecule has 1 N–H and O–H groups in total. The number of anilines is 1. The van der Waals surface area contributed by atoms with Gasteiger partial charge in [-0.25, -0.2) is 4.98 Å². The normalized spacial score (nSPS) is 12.9. The van der Waals surface area contributed by atoms with E-state index in [-0.39, 0.29) is 22.7 Å². The Hall–Kier alpha value is -1.98. The Balaban J connectivity index is 3.17. The van der Waals surface area contributed by atoms with Crippen molar-refractivity contribution in [3.8, 4) is 0 Å². The number of Topliss-reactive ketones (excluding diaryl/α,β-unsaturated/α-hetero) is 1. The monoisotopic (exact) mass is 265 g/mol. The molecule has 0 saturated heterocycles. The molecule has 19 heavy (non-hydrogen) atoms. The third kappa shape index (κ3) is 3.74. The Bertz CT molecular complexity index is 506. The van der Waals surface area contributed by atoms with Gasteiger partial charge in [0.2, 0.25) is 5.82 Å². The van der Waals surface area contributed by atoms with Gasteiger partial charge in [0.1, 0.15) is 0 Å². The van der Waals surface area contributed by atoms with Crippen LogP contribution in [0.15, 0.2) is 12.3 Å². The Morgan fingerprint density at radius 1 is 1.47 bits per heavy atom. The zero-order valence-corrected chi connectivity index (χ0v) is 11.9. The zero-order valence-electron chi connectivity index (χ0n) is 11.9. The lowest BCUT2D eigenvalue weighted by Crippen LogP contribution is -2.40. The molecule has 0 aliphatic rings. The van der Waals surface area contributed by atoms with Crippen molar-refractivity contribution in [3.05, 3.63) is 27.9 Å². The Morgan fingerprint density at radius 3 is 2.47 bits per heavy atom. The van der Waals surface area contributed by atoms with E-state index in [9.17, 15) is 14.9 Å². The third-order valence-corrected chi connectivity index (χ3v) is 2.75. The summed E-state index contributed by atoms with van der Waals surface area (Å²) in [5.41, 5.74) is 0.231. The zero-order chi connectivity index (χ0) is 14.8. The van der Waals surface area contributed by atoms with Crippen LogP contribution in [-0.2, 0) is 4.79 Å². The quantitative estimate of drug-likeness (QED) is 0.668. The number of rotatable bonds is 4. The van der Waals surface area contributed by atoms with Gasteiger partial charge < -0.3 is 5.32 Å². The third-order valence-electron chi connectivity index (χ3n) is 2.75. The van der Waals surface area contributed by atoms with Crippen LogP contribution in [0.5, 0.6) is 0 Å². The first-order valence-corrected chi connectivity index (χ1v) is 6.01. The fourth-order valence-corrected chi connectivity index (χ4v) is 1.87. The Morgan fingerprint density at radius 2 is 2.05 bits per heavy atom. The van der Waals surface area contributed by atoms with Crippen molar-refractivity contribution in [2.24, 2.45) is 5.41 Å². The lowest BCUT2D eigenvalue weighted by atomic mass is 9.84. The van der Waals surface area contributed by atoms with Crippen molar-refractivity contribution >= 4 is 17.3 Å². The molecule has 1 rings (SSSR count). The van der Waals surface area contributed by atoms with Gasteiger partial charge in [0, 0.05) is 12.3 Å². The molecule has 0 spiro atoms. The van der Waals surface area contributed by atoms with Crippen LogP contribution in [0, 0.1) is 22.5 Å². The SMILES string of the molecule is CC(=O)C(Nc1ncc(C)cc1[N+](=O)[O-])C(C)(C)C. The summed E-state index contributed by atoms with van der Waals surface area (Å²) in [6.07, 6.45) is 1.54. The molecule has 1 aromatic rings. The standard InChI is InChI=1S/C13H19N3O3/c1-8-6-10(16(18)19)12(14-7-8)15-11(9(2)17)13(3,4)5/h6-7,11H,1-5H3,(H,14,15). The summed E-state index contributed by atoms with van der Waals surface area (Å²) < 4.78 is 0. The highest BCUT2D eigenvalue weighted by atomic mass is 16.6. The summed E-state index contributed by atoms with van der Waals surface area (Å²) in [4.78, 5) is 26.2. The Kier molecular flexibility index (Phi) is 4.24. The van der Waals surface area contributed by atoms with Gasteiger partial charge in [-0.2, -0.15) is 0 Å². The van der Waals surface area contributed by atoms with Gasteiger partial charge in [-0.1, -0.05) is 20.8 Å². The molecule has 0 amide bonds. The summed E-state index contributed by atoms with van der Waals surface area (Å²) in [5, 5.41) is 13.9. The minimum absolute atomic E-state index is 0.0795. The molecule has 0 aliphatic carbocycles. The topological polar surface area (TPSA) is 85.1 Å². The van der Waals surface area contributed by atoms with Crippen LogP contribution in [-0.4, -0.2) is 21.7 Å². The van der Waals surface area contributed by atoms with Crippen molar-refractivity contribution in [2.45, 2.75) is 40.7 Å². The van der Waals surface area contributed by atoms with Crippen molar-refractivity contribution in [2.75, 3.05) is 5.32 Å². The van der Waals surface area contributed by atoms with Crippen LogP contribution in [0.4, 0.5) is 11.5 Å². The van der Waals surface area contributed by atoms with Gasteiger partial charge >= 0.3 is 5.69 Å². The molecule has 104 valence electrons. The van der Waals surface area contributed by atoms with Crippen LogP contribution in [0.1, 0.15) is 33.3 Å². The highest BCUT2D eigenvalue weighted by Crippen LogP contribution is 2.28. The second-order valence-electron chi connectivity index (χ2n) is 5.69. The molecule has 0 aliphatic heterocycles. The van der Waals surface area contributed by atoms with Crippen LogP contribution in [0.3, 0.4) is 0 Å². The first-order valence-electron chi connectivity index (χ1n) is 6.01. The number of pyridine rings is 1. The highest BCUT2D eigenvalue weighted by Gasteiger charge is 2.31. The lowest BCUT2D eigenvalue weighted by Gasteiger charge is -2.29. The van der Waals surface area contributed by atoms with Gasteiger partial charge in [-0.05, 0) is 24.8 Å². The van der Waals surface area contributed by atoms with Crippen molar-refractivity contribution in [1.29, 1.82) is 0 Å². The second-order valence-corrected chi connectivity index (χ2v) is 5.69. The number of nitro groups is 1. The molecule has 1 atom stereocenters. The van der Waals surface area contributed by atoms with E-state index < -0.39 is 11.0 Å². The predicted octanol–water partition coefficient (Wildman–Crippen LogP) is 2.71. The number of aryl methyl sites for hydroxylation is 1. The molecule has 6 nitrogen and oxygen atoms in total. The molecule has 0 fully saturated rings. The van der Waals surface area contributed by atoms with Gasteiger partial charge in [-0.15, -0.1) is 0 Å². The van der Waals surface area contributed by atoms with E-state index in [1.165, 1.54) is 19.2 Å². The number of aromatic nitrogens is 1. The molecule has 0 radical (unpaired) electrons. The molecule has 6 heteroatoms. The van der Waals surface area contributed by atoms with E-state index in [1.807, 2.05) is 20.8 Å². The maximum atomic E-state index is 11.7. The van der Waals surface area contributed by atoms with Crippen molar-refractivity contribution in [3.63, 3.8) is 0 Å². The largest absolute Gasteiger partial charge is 0.354 e. The number of nitrogens with one attached hydrogen (secondary N) is 1. The molecule has 1 heterocycles. The van der Waals surface area contributed by atoms with Gasteiger partial charge in [0.05, 0.1) is 11.0 Å². The van der Waals surface area contributed by atoms with Gasteiger partial charge in [0.25, 0.3) is 0 Å². The average Bonchev–Trinajstić information content (AvgIpc) is 2.24. The highest BCUT2D eigenvalue weighted by molar-refractivity contribution is 5.85. The van der Waals surface area contributed by atoms with Gasteiger partial charge in [0.15, 0.2) is 5.78 Å². The molecular formula is C13H19N3O3. The Labute approximate surface area is 112 Å². The summed E-state index contributed by atoms with van der Waals surface area (Å²) in [6, 6.07) is 0.913. The summed E-state index contributed by atoms with van der Waals surface area (Å²) in [6.45, 7) is 8.88. The minimum atomic E-state index is -0.526. The van der Waals surface area contributed by atoms with E-state index in [4.69, 9.17) is 0 Å². The van der Waals surface area contributed by atoms with E-state index in [2.05, 4.69) is 10.3 Å². The van der Waals surface area contributed by atoms with Crippen molar-refractivity contribution < 1.29 is 9.72 Å². The summed E-state index contributed by atoms with van der Waals surface area (Å²) >= 11 is 0. The first-order chi connectivity index (χ1) is 8.62. The molecule has 0 saturated carbocycles. The molecular weight excluding hydrogens is 246 g/mol.